The number of carbonyl (C=O) groups is 1. The molecule has 0 spiro atoms. The number of alkyl halides is 1. The molecule has 2 aromatic rings. The largest absolute Gasteiger partial charge is 0.331 e. The average molecular weight is 329 g/mol. The molecule has 1 atom stereocenters. The quantitative estimate of drug-likeness (QED) is 0.842. The smallest absolute Gasteiger partial charge is 0.307 e. The van der Waals surface area contributed by atoms with Gasteiger partial charge in [-0.15, -0.1) is 22.9 Å². The first-order valence-corrected chi connectivity index (χ1v) is 8.29. The molecule has 1 unspecified atom stereocenters. The number of aryl methyl sites for hydroxylation is 1. The maximum atomic E-state index is 11.9. The van der Waals surface area contributed by atoms with E-state index in [2.05, 4.69) is 10.0 Å². The van der Waals surface area contributed by atoms with Gasteiger partial charge in [0.05, 0.1) is 5.88 Å². The van der Waals surface area contributed by atoms with Gasteiger partial charge in [0, 0.05) is 10.6 Å². The summed E-state index contributed by atoms with van der Waals surface area (Å²) in [6.07, 6.45) is 0. The van der Waals surface area contributed by atoms with Crippen molar-refractivity contribution in [1.82, 2.24) is 4.72 Å². The van der Waals surface area contributed by atoms with Crippen LogP contribution in [0.15, 0.2) is 40.6 Å². The summed E-state index contributed by atoms with van der Waals surface area (Å²) in [6, 6.07) is 10.4. The summed E-state index contributed by atoms with van der Waals surface area (Å²) in [5, 5.41) is 2.64. The maximum Gasteiger partial charge on any atom is 0.331 e. The summed E-state index contributed by atoms with van der Waals surface area (Å²) in [5.41, 5.74) is 1.70. The van der Waals surface area contributed by atoms with E-state index in [4.69, 9.17) is 11.6 Å². The number of hydrogen-bond acceptors (Lipinski definition) is 3. The third kappa shape index (κ3) is 4.06. The number of urea groups is 1. The minimum absolute atomic E-state index is 0.372. The van der Waals surface area contributed by atoms with Gasteiger partial charge in [0.25, 0.3) is 0 Å². The molecule has 20 heavy (non-hydrogen) atoms. The van der Waals surface area contributed by atoms with Gasteiger partial charge in [-0.05, 0) is 36.8 Å². The van der Waals surface area contributed by atoms with Crippen molar-refractivity contribution in [1.29, 1.82) is 0 Å². The number of hydrogen-bond donors (Lipinski definition) is 2. The first-order valence-electron chi connectivity index (χ1n) is 5.79. The zero-order valence-corrected chi connectivity index (χ0v) is 13.1. The number of carbonyl (C=O) groups excluding carboxylic acids is 1. The van der Waals surface area contributed by atoms with Gasteiger partial charge in [0.15, 0.2) is 11.0 Å². The number of halogens is 1. The molecular weight excluding hydrogens is 316 g/mol. The highest BCUT2D eigenvalue weighted by Crippen LogP contribution is 2.20. The molecule has 1 aromatic carbocycles. The van der Waals surface area contributed by atoms with Crippen LogP contribution < -0.4 is 10.0 Å². The molecule has 4 nitrogen and oxygen atoms in total. The summed E-state index contributed by atoms with van der Waals surface area (Å²) in [5.74, 6) is 0.372. The van der Waals surface area contributed by atoms with E-state index in [-0.39, 0.29) is 0 Å². The van der Waals surface area contributed by atoms with E-state index >= 15 is 0 Å². The zero-order valence-electron chi connectivity index (χ0n) is 10.7. The van der Waals surface area contributed by atoms with Crippen LogP contribution in [0.25, 0.3) is 0 Å². The molecule has 7 heteroatoms. The molecule has 2 N–H and O–H groups in total. The highest BCUT2D eigenvalue weighted by Gasteiger charge is 2.11. The topological polar surface area (TPSA) is 58.2 Å². The number of amides is 2. The van der Waals surface area contributed by atoms with Crippen molar-refractivity contribution < 1.29 is 9.00 Å². The fourth-order valence-electron chi connectivity index (χ4n) is 1.54. The van der Waals surface area contributed by atoms with Gasteiger partial charge in [0.2, 0.25) is 0 Å². The monoisotopic (exact) mass is 328 g/mol. The predicted molar refractivity (Wildman–Crippen MR) is 83.6 cm³/mol. The molecular formula is C13H13ClN2O2S2. The van der Waals surface area contributed by atoms with Gasteiger partial charge in [-0.25, -0.2) is 9.00 Å². The average Bonchev–Trinajstić information content (AvgIpc) is 2.87. The van der Waals surface area contributed by atoms with Crippen LogP contribution in [0.4, 0.5) is 10.5 Å². The van der Waals surface area contributed by atoms with Crippen molar-refractivity contribution in [2.75, 3.05) is 5.32 Å². The molecule has 1 aromatic heterocycles. The van der Waals surface area contributed by atoms with E-state index in [0.717, 1.165) is 10.4 Å². The molecule has 0 aliphatic heterocycles. The first kappa shape index (κ1) is 15.0. The standard InChI is InChI=1S/C13H13ClN2O2S2/c1-9-3-2-4-10(7-9)15-13(17)16-20(18)12-6-5-11(8-14)19-12/h2-7H,8H2,1H3,(H2,15,16,17). The number of nitrogens with one attached hydrogen (secondary N) is 2. The van der Waals surface area contributed by atoms with Crippen LogP contribution in [0.3, 0.4) is 0 Å². The van der Waals surface area contributed by atoms with Crippen molar-refractivity contribution in [3.8, 4) is 0 Å². The van der Waals surface area contributed by atoms with Crippen LogP contribution in [0, 0.1) is 6.92 Å². The Labute approximate surface area is 128 Å². The lowest BCUT2D eigenvalue weighted by atomic mass is 10.2. The number of rotatable bonds is 4. The van der Waals surface area contributed by atoms with Gasteiger partial charge < -0.3 is 5.32 Å². The molecule has 106 valence electrons. The Balaban J connectivity index is 1.95. The van der Waals surface area contributed by atoms with Crippen LogP contribution in [0.5, 0.6) is 0 Å². The zero-order chi connectivity index (χ0) is 14.5. The fraction of sp³-hybridized carbons (Fsp3) is 0.154. The molecule has 0 aliphatic rings. The lowest BCUT2D eigenvalue weighted by molar-refractivity contribution is 0.257. The second kappa shape index (κ2) is 6.88. The Kier molecular flexibility index (Phi) is 5.17. The minimum Gasteiger partial charge on any atom is -0.307 e. The van der Waals surface area contributed by atoms with Crippen LogP contribution in [-0.2, 0) is 16.9 Å². The van der Waals surface area contributed by atoms with Gasteiger partial charge >= 0.3 is 6.03 Å². The lowest BCUT2D eigenvalue weighted by Gasteiger charge is -2.06. The van der Waals surface area contributed by atoms with E-state index in [9.17, 15) is 9.00 Å². The Bertz CT molecular complexity index is 643. The normalized spacial score (nSPS) is 11.9. The predicted octanol–water partition coefficient (Wildman–Crippen LogP) is 3.64. The third-order valence-electron chi connectivity index (χ3n) is 2.41. The Morgan fingerprint density at radius 2 is 2.15 bits per heavy atom. The summed E-state index contributed by atoms with van der Waals surface area (Å²) in [4.78, 5) is 12.7. The van der Waals surface area contributed by atoms with E-state index in [1.54, 1.807) is 18.2 Å². The van der Waals surface area contributed by atoms with Crippen molar-refractivity contribution in [3.05, 3.63) is 46.8 Å². The molecule has 0 radical (unpaired) electrons. The Morgan fingerprint density at radius 1 is 1.35 bits per heavy atom. The molecule has 0 bridgehead atoms. The number of thiophene rings is 1. The SMILES string of the molecule is Cc1cccc(NC(=O)NS(=O)c2ccc(CCl)s2)c1. The molecule has 0 aliphatic carbocycles. The van der Waals surface area contributed by atoms with E-state index in [1.165, 1.54) is 11.3 Å². The summed E-state index contributed by atoms with van der Waals surface area (Å²) >= 11 is 7.00. The molecule has 0 saturated carbocycles. The third-order valence-corrected chi connectivity index (χ3v) is 5.32. The summed E-state index contributed by atoms with van der Waals surface area (Å²) in [6.45, 7) is 1.93. The van der Waals surface area contributed by atoms with E-state index in [1.807, 2.05) is 25.1 Å². The van der Waals surface area contributed by atoms with Crippen molar-refractivity contribution in [3.63, 3.8) is 0 Å². The molecule has 2 rings (SSSR count). The van der Waals surface area contributed by atoms with Gasteiger partial charge in [-0.1, -0.05) is 12.1 Å². The number of benzene rings is 1. The van der Waals surface area contributed by atoms with Crippen LogP contribution >= 0.6 is 22.9 Å². The van der Waals surface area contributed by atoms with Crippen molar-refractivity contribution in [2.24, 2.45) is 0 Å². The first-order chi connectivity index (χ1) is 9.58. The van der Waals surface area contributed by atoms with Crippen molar-refractivity contribution >= 4 is 45.6 Å². The Hall–Kier alpha value is -1.37. The second-order valence-electron chi connectivity index (χ2n) is 4.05. The second-order valence-corrected chi connectivity index (χ2v) is 6.92. The van der Waals surface area contributed by atoms with Crippen LogP contribution in [0.1, 0.15) is 10.4 Å². The summed E-state index contributed by atoms with van der Waals surface area (Å²) in [7, 11) is -1.58. The van der Waals surface area contributed by atoms with Gasteiger partial charge in [-0.3, -0.25) is 4.72 Å². The van der Waals surface area contributed by atoms with Gasteiger partial charge in [0.1, 0.15) is 4.21 Å². The molecule has 1 heterocycles. The Morgan fingerprint density at radius 3 is 2.80 bits per heavy atom. The van der Waals surface area contributed by atoms with E-state index in [0.29, 0.717) is 15.8 Å². The molecule has 0 fully saturated rings. The van der Waals surface area contributed by atoms with Crippen LogP contribution in [0.2, 0.25) is 0 Å². The summed E-state index contributed by atoms with van der Waals surface area (Å²) < 4.78 is 14.9. The molecule has 2 amide bonds. The van der Waals surface area contributed by atoms with Gasteiger partial charge in [-0.2, -0.15) is 0 Å². The minimum atomic E-state index is -1.58. The van der Waals surface area contributed by atoms with Crippen LogP contribution in [-0.4, -0.2) is 10.2 Å². The molecule has 0 saturated heterocycles. The number of anilines is 1. The van der Waals surface area contributed by atoms with E-state index < -0.39 is 17.0 Å². The fourth-order valence-corrected chi connectivity index (χ4v) is 3.64. The lowest BCUT2D eigenvalue weighted by Crippen LogP contribution is -2.30. The van der Waals surface area contributed by atoms with Crippen molar-refractivity contribution in [2.45, 2.75) is 17.0 Å². The maximum absolute atomic E-state index is 11.9. The highest BCUT2D eigenvalue weighted by molar-refractivity contribution is 7.86. The highest BCUT2D eigenvalue weighted by atomic mass is 35.5.